The summed E-state index contributed by atoms with van der Waals surface area (Å²) in [7, 11) is 0. The Morgan fingerprint density at radius 2 is 2.05 bits per heavy atom. The molecule has 2 bridgehead atoms. The average Bonchev–Trinajstić information content (AvgIpc) is 2.66. The van der Waals surface area contributed by atoms with Gasteiger partial charge in [-0.15, -0.1) is 0 Å². The molecule has 2 aliphatic rings. The molecule has 0 aromatic heterocycles. The molecule has 20 heavy (non-hydrogen) atoms. The molecule has 0 aliphatic carbocycles. The van der Waals surface area contributed by atoms with Crippen LogP contribution in [0.3, 0.4) is 0 Å². The summed E-state index contributed by atoms with van der Waals surface area (Å²) in [5, 5.41) is 0. The number of alkyl halides is 3. The van der Waals surface area contributed by atoms with Crippen molar-refractivity contribution in [2.45, 2.75) is 37.5 Å². The molecule has 2 atom stereocenters. The minimum absolute atomic E-state index is 0.0378. The Hall–Kier alpha value is -1.78. The van der Waals surface area contributed by atoms with Crippen molar-refractivity contribution in [3.63, 3.8) is 0 Å². The number of hydrogen-bond donors (Lipinski definition) is 0. The van der Waals surface area contributed by atoms with E-state index in [1.807, 2.05) is 6.08 Å². The highest BCUT2D eigenvalue weighted by atomic mass is 19.4. The van der Waals surface area contributed by atoms with E-state index in [0.717, 1.165) is 31.4 Å². The average molecular weight is 281 g/mol. The van der Waals surface area contributed by atoms with Gasteiger partial charge in [0.1, 0.15) is 0 Å². The summed E-state index contributed by atoms with van der Waals surface area (Å²) in [5.74, 6) is -0.298. The fraction of sp³-hybridized carbons (Fsp3) is 0.400. The molecule has 1 aromatic carbocycles. The molecule has 2 aliphatic heterocycles. The Morgan fingerprint density at radius 1 is 1.25 bits per heavy atom. The molecule has 0 spiro atoms. The van der Waals surface area contributed by atoms with Gasteiger partial charge in [0.25, 0.3) is 5.91 Å². The van der Waals surface area contributed by atoms with Gasteiger partial charge in [-0.1, -0.05) is 18.2 Å². The van der Waals surface area contributed by atoms with Crippen molar-refractivity contribution in [1.82, 2.24) is 4.90 Å². The van der Waals surface area contributed by atoms with Crippen LogP contribution in [0.4, 0.5) is 13.2 Å². The van der Waals surface area contributed by atoms with Crippen molar-refractivity contribution < 1.29 is 18.0 Å². The zero-order valence-electron chi connectivity index (χ0n) is 10.7. The number of rotatable bonds is 1. The number of hydrogen-bond acceptors (Lipinski definition) is 1. The lowest BCUT2D eigenvalue weighted by atomic mass is 10.1. The topological polar surface area (TPSA) is 20.3 Å². The van der Waals surface area contributed by atoms with Gasteiger partial charge in [-0.3, -0.25) is 4.79 Å². The molecule has 0 radical (unpaired) electrons. The first kappa shape index (κ1) is 13.2. The van der Waals surface area contributed by atoms with Crippen LogP contribution in [-0.4, -0.2) is 22.9 Å². The van der Waals surface area contributed by atoms with Crippen LogP contribution in [-0.2, 0) is 6.18 Å². The number of fused-ring (bicyclic) bond motifs is 2. The van der Waals surface area contributed by atoms with Crippen LogP contribution in [0.5, 0.6) is 0 Å². The van der Waals surface area contributed by atoms with Gasteiger partial charge in [0.2, 0.25) is 0 Å². The molecule has 1 fully saturated rings. The first-order chi connectivity index (χ1) is 9.47. The summed E-state index contributed by atoms with van der Waals surface area (Å²) in [5.41, 5.74) is -0.657. The van der Waals surface area contributed by atoms with Crippen LogP contribution in [0.25, 0.3) is 0 Å². The smallest absolute Gasteiger partial charge is 0.329 e. The highest BCUT2D eigenvalue weighted by Gasteiger charge is 2.38. The zero-order valence-corrected chi connectivity index (χ0v) is 10.7. The second kappa shape index (κ2) is 4.65. The van der Waals surface area contributed by atoms with Crippen LogP contribution in [0.1, 0.15) is 35.2 Å². The SMILES string of the molecule is O=C(c1cccc(C(F)(F)F)c1)N1[C@H]2CC=C[C@H]1CC2. The van der Waals surface area contributed by atoms with Gasteiger partial charge in [0, 0.05) is 11.6 Å². The van der Waals surface area contributed by atoms with Crippen molar-refractivity contribution in [2.75, 3.05) is 0 Å². The van der Waals surface area contributed by atoms with Crippen LogP contribution in [0.2, 0.25) is 0 Å². The van der Waals surface area contributed by atoms with Crippen molar-refractivity contribution in [2.24, 2.45) is 0 Å². The predicted molar refractivity (Wildman–Crippen MR) is 68.2 cm³/mol. The number of carbonyl (C=O) groups is 1. The fourth-order valence-corrected chi connectivity index (χ4v) is 3.02. The molecule has 1 saturated heterocycles. The number of carbonyl (C=O) groups excluding carboxylic acids is 1. The zero-order chi connectivity index (χ0) is 14.3. The number of amides is 1. The third-order valence-electron chi connectivity index (χ3n) is 3.98. The van der Waals surface area contributed by atoms with E-state index in [0.29, 0.717) is 0 Å². The van der Waals surface area contributed by atoms with Gasteiger partial charge in [0.05, 0.1) is 11.6 Å². The molecule has 2 heterocycles. The summed E-state index contributed by atoms with van der Waals surface area (Å²) in [6.07, 6.45) is 2.22. The predicted octanol–water partition coefficient (Wildman–Crippen LogP) is 3.64. The molecule has 2 nitrogen and oxygen atoms in total. The lowest BCUT2D eigenvalue weighted by Gasteiger charge is -2.31. The lowest BCUT2D eigenvalue weighted by Crippen LogP contribution is -2.42. The van der Waals surface area contributed by atoms with Crippen molar-refractivity contribution in [3.8, 4) is 0 Å². The van der Waals surface area contributed by atoms with E-state index in [4.69, 9.17) is 0 Å². The Labute approximate surface area is 114 Å². The molecule has 106 valence electrons. The molecule has 1 aromatic rings. The summed E-state index contributed by atoms with van der Waals surface area (Å²) in [4.78, 5) is 14.2. The molecule has 5 heteroatoms. The Morgan fingerprint density at radius 3 is 2.75 bits per heavy atom. The summed E-state index contributed by atoms with van der Waals surface area (Å²) in [6, 6.07) is 4.84. The van der Waals surface area contributed by atoms with Crippen LogP contribution in [0, 0.1) is 0 Å². The summed E-state index contributed by atoms with van der Waals surface area (Å²) in [6.45, 7) is 0. The maximum absolute atomic E-state index is 12.7. The summed E-state index contributed by atoms with van der Waals surface area (Å²) >= 11 is 0. The van der Waals surface area contributed by atoms with Crippen LogP contribution in [0.15, 0.2) is 36.4 Å². The molecule has 0 unspecified atom stereocenters. The molecular weight excluding hydrogens is 267 g/mol. The third kappa shape index (κ3) is 2.21. The van der Waals surface area contributed by atoms with Gasteiger partial charge in [-0.2, -0.15) is 13.2 Å². The fourth-order valence-electron chi connectivity index (χ4n) is 3.02. The largest absolute Gasteiger partial charge is 0.416 e. The Bertz CT molecular complexity index is 564. The van der Waals surface area contributed by atoms with Crippen LogP contribution >= 0.6 is 0 Å². The van der Waals surface area contributed by atoms with Gasteiger partial charge in [-0.05, 0) is 37.5 Å². The van der Waals surface area contributed by atoms with Crippen molar-refractivity contribution >= 4 is 5.91 Å². The molecular formula is C15H14F3NO. The maximum atomic E-state index is 12.7. The number of nitrogens with zero attached hydrogens (tertiary/aromatic N) is 1. The van der Waals surface area contributed by atoms with E-state index in [1.54, 1.807) is 4.90 Å². The van der Waals surface area contributed by atoms with E-state index in [9.17, 15) is 18.0 Å². The van der Waals surface area contributed by atoms with E-state index >= 15 is 0 Å². The van der Waals surface area contributed by atoms with Gasteiger partial charge >= 0.3 is 6.18 Å². The van der Waals surface area contributed by atoms with E-state index < -0.39 is 11.7 Å². The highest BCUT2D eigenvalue weighted by molar-refractivity contribution is 5.95. The maximum Gasteiger partial charge on any atom is 0.416 e. The molecule has 3 rings (SSSR count). The molecule has 0 saturated carbocycles. The van der Waals surface area contributed by atoms with Crippen LogP contribution < -0.4 is 0 Å². The summed E-state index contributed by atoms with van der Waals surface area (Å²) < 4.78 is 38.1. The number of halogens is 3. The normalized spacial score (nSPS) is 25.1. The quantitative estimate of drug-likeness (QED) is 0.720. The first-order valence-electron chi connectivity index (χ1n) is 6.63. The minimum atomic E-state index is -4.42. The third-order valence-corrected chi connectivity index (χ3v) is 3.98. The van der Waals surface area contributed by atoms with E-state index in [2.05, 4.69) is 6.08 Å². The van der Waals surface area contributed by atoms with Gasteiger partial charge < -0.3 is 4.90 Å². The monoisotopic (exact) mass is 281 g/mol. The highest BCUT2D eigenvalue weighted by Crippen LogP contribution is 2.34. The lowest BCUT2D eigenvalue weighted by molar-refractivity contribution is -0.137. The molecule has 1 amide bonds. The second-order valence-electron chi connectivity index (χ2n) is 5.25. The van der Waals surface area contributed by atoms with Gasteiger partial charge in [0.15, 0.2) is 0 Å². The first-order valence-corrected chi connectivity index (χ1v) is 6.63. The van der Waals surface area contributed by atoms with Crippen molar-refractivity contribution in [3.05, 3.63) is 47.5 Å². The van der Waals surface area contributed by atoms with E-state index in [1.165, 1.54) is 12.1 Å². The van der Waals surface area contributed by atoms with Gasteiger partial charge in [-0.25, -0.2) is 0 Å². The number of benzene rings is 1. The standard InChI is InChI=1S/C15H14F3NO/c16-15(17,18)11-4-1-3-10(9-11)14(20)19-12-5-2-6-13(19)8-7-12/h1-5,9,12-13H,6-8H2/t12-,13-/m0/s1. The Balaban J connectivity index is 1.90. The van der Waals surface area contributed by atoms with Crippen molar-refractivity contribution in [1.29, 1.82) is 0 Å². The van der Waals surface area contributed by atoms with E-state index in [-0.39, 0.29) is 23.6 Å². The second-order valence-corrected chi connectivity index (χ2v) is 5.25. The molecule has 0 N–H and O–H groups in total. The Kier molecular flexibility index (Phi) is 3.07. The minimum Gasteiger partial charge on any atom is -0.329 e.